The predicted molar refractivity (Wildman–Crippen MR) is 88.6 cm³/mol. The van der Waals surface area contributed by atoms with Gasteiger partial charge in [-0.3, -0.25) is 19.7 Å². The van der Waals surface area contributed by atoms with Crippen LogP contribution < -0.4 is 5.43 Å². The maximum absolute atomic E-state index is 12.0. The van der Waals surface area contributed by atoms with Crippen molar-refractivity contribution in [1.29, 1.82) is 0 Å². The van der Waals surface area contributed by atoms with Gasteiger partial charge in [0, 0.05) is 23.4 Å². The topological polar surface area (TPSA) is 111 Å². The second-order valence-electron chi connectivity index (χ2n) is 5.47. The third kappa shape index (κ3) is 5.15. The van der Waals surface area contributed by atoms with E-state index in [4.69, 9.17) is 4.74 Å². The summed E-state index contributed by atoms with van der Waals surface area (Å²) in [5.74, 6) is -1.50. The van der Waals surface area contributed by atoms with Gasteiger partial charge in [-0.15, -0.1) is 0 Å². The average Bonchev–Trinajstić information content (AvgIpc) is 2.52. The Morgan fingerprint density at radius 1 is 1.29 bits per heavy atom. The van der Waals surface area contributed by atoms with Crippen LogP contribution in [-0.4, -0.2) is 29.1 Å². The molecule has 0 aliphatic carbocycles. The van der Waals surface area contributed by atoms with Crippen LogP contribution in [0, 0.1) is 22.0 Å². The summed E-state index contributed by atoms with van der Waals surface area (Å²) in [4.78, 5) is 34.0. The standard InChI is InChI=1S/C16H21N3O5/c1-5-24-16(21)14(10(2)3)11(4)17-18-15(20)12-6-8-13(9-7-12)19(22)23/h6-10,14H,5H2,1-4H3,(H,18,20)/b17-11+. The number of nitro benzene ring substituents is 1. The van der Waals surface area contributed by atoms with Crippen molar-refractivity contribution in [3.8, 4) is 0 Å². The molecule has 8 heteroatoms. The molecule has 1 aromatic rings. The van der Waals surface area contributed by atoms with Gasteiger partial charge < -0.3 is 4.74 Å². The minimum Gasteiger partial charge on any atom is -0.465 e. The van der Waals surface area contributed by atoms with Crippen LogP contribution in [0.1, 0.15) is 38.1 Å². The number of nitro groups is 1. The quantitative estimate of drug-likeness (QED) is 0.356. The molecule has 24 heavy (non-hydrogen) atoms. The van der Waals surface area contributed by atoms with E-state index in [1.54, 1.807) is 13.8 Å². The third-order valence-electron chi connectivity index (χ3n) is 3.33. The fraction of sp³-hybridized carbons (Fsp3) is 0.438. The molecule has 0 radical (unpaired) electrons. The highest BCUT2D eigenvalue weighted by Gasteiger charge is 2.26. The Balaban J connectivity index is 2.83. The fourth-order valence-electron chi connectivity index (χ4n) is 2.16. The van der Waals surface area contributed by atoms with E-state index in [1.165, 1.54) is 24.3 Å². The number of nitrogens with one attached hydrogen (secondary N) is 1. The molecular formula is C16H21N3O5. The second-order valence-corrected chi connectivity index (χ2v) is 5.47. The first-order valence-electron chi connectivity index (χ1n) is 7.53. The monoisotopic (exact) mass is 335 g/mol. The van der Waals surface area contributed by atoms with Crippen LogP contribution in [0.4, 0.5) is 5.69 Å². The maximum atomic E-state index is 12.0. The van der Waals surface area contributed by atoms with E-state index < -0.39 is 22.7 Å². The normalized spacial score (nSPS) is 12.6. The van der Waals surface area contributed by atoms with Gasteiger partial charge in [0.2, 0.25) is 0 Å². The molecule has 0 saturated carbocycles. The van der Waals surface area contributed by atoms with E-state index in [1.807, 2.05) is 13.8 Å². The minimum atomic E-state index is -0.554. The summed E-state index contributed by atoms with van der Waals surface area (Å²) >= 11 is 0. The van der Waals surface area contributed by atoms with Crippen molar-refractivity contribution >= 4 is 23.3 Å². The smallest absolute Gasteiger partial charge is 0.314 e. The van der Waals surface area contributed by atoms with Crippen LogP contribution in [0.15, 0.2) is 29.4 Å². The number of esters is 1. The van der Waals surface area contributed by atoms with E-state index in [9.17, 15) is 19.7 Å². The van der Waals surface area contributed by atoms with Gasteiger partial charge in [0.25, 0.3) is 11.6 Å². The van der Waals surface area contributed by atoms with Crippen molar-refractivity contribution < 1.29 is 19.2 Å². The molecule has 0 bridgehead atoms. The number of amides is 1. The number of hydrogen-bond acceptors (Lipinski definition) is 6. The molecule has 0 saturated heterocycles. The van der Waals surface area contributed by atoms with Crippen molar-refractivity contribution in [3.63, 3.8) is 0 Å². The Labute approximate surface area is 140 Å². The number of ether oxygens (including phenoxy) is 1. The largest absolute Gasteiger partial charge is 0.465 e. The molecule has 1 N–H and O–H groups in total. The van der Waals surface area contributed by atoms with Gasteiger partial charge in [-0.1, -0.05) is 13.8 Å². The third-order valence-corrected chi connectivity index (χ3v) is 3.33. The zero-order chi connectivity index (χ0) is 18.3. The lowest BCUT2D eigenvalue weighted by atomic mass is 9.92. The molecule has 1 unspecified atom stereocenters. The Hall–Kier alpha value is -2.77. The van der Waals surface area contributed by atoms with Crippen molar-refractivity contribution in [1.82, 2.24) is 5.43 Å². The molecule has 0 aliphatic rings. The summed E-state index contributed by atoms with van der Waals surface area (Å²) in [6.45, 7) is 7.35. The van der Waals surface area contributed by atoms with Gasteiger partial charge in [-0.2, -0.15) is 5.10 Å². The Morgan fingerprint density at radius 3 is 2.33 bits per heavy atom. The molecule has 0 spiro atoms. The molecular weight excluding hydrogens is 314 g/mol. The van der Waals surface area contributed by atoms with Gasteiger partial charge >= 0.3 is 5.97 Å². The molecule has 8 nitrogen and oxygen atoms in total. The van der Waals surface area contributed by atoms with Crippen LogP contribution in [0.2, 0.25) is 0 Å². The van der Waals surface area contributed by atoms with Gasteiger partial charge in [0.05, 0.1) is 17.4 Å². The molecule has 1 amide bonds. The lowest BCUT2D eigenvalue weighted by Gasteiger charge is -2.18. The first kappa shape index (κ1) is 19.3. The summed E-state index contributed by atoms with van der Waals surface area (Å²) in [6.07, 6.45) is 0. The number of carbonyl (C=O) groups excluding carboxylic acids is 2. The summed E-state index contributed by atoms with van der Waals surface area (Å²) in [5, 5.41) is 14.6. The van der Waals surface area contributed by atoms with Gasteiger partial charge in [-0.05, 0) is 31.9 Å². The van der Waals surface area contributed by atoms with Gasteiger partial charge in [-0.25, -0.2) is 5.43 Å². The zero-order valence-corrected chi connectivity index (χ0v) is 14.1. The van der Waals surface area contributed by atoms with E-state index >= 15 is 0 Å². The number of benzene rings is 1. The summed E-state index contributed by atoms with van der Waals surface area (Å²) in [5.41, 5.74) is 2.91. The molecule has 0 aromatic heterocycles. The van der Waals surface area contributed by atoms with Crippen molar-refractivity contribution in [2.24, 2.45) is 16.9 Å². The highest BCUT2D eigenvalue weighted by molar-refractivity contribution is 6.02. The molecule has 1 atom stereocenters. The van der Waals surface area contributed by atoms with E-state index in [0.717, 1.165) is 0 Å². The maximum Gasteiger partial charge on any atom is 0.314 e. The lowest BCUT2D eigenvalue weighted by molar-refractivity contribution is -0.384. The average molecular weight is 335 g/mol. The first-order chi connectivity index (χ1) is 11.3. The van der Waals surface area contributed by atoms with Crippen LogP contribution in [0.25, 0.3) is 0 Å². The van der Waals surface area contributed by atoms with Gasteiger partial charge in [0.1, 0.15) is 0 Å². The SMILES string of the molecule is CCOC(=O)C(/C(C)=N/NC(=O)c1ccc([N+](=O)[O-])cc1)C(C)C. The van der Waals surface area contributed by atoms with E-state index in [0.29, 0.717) is 5.71 Å². The highest BCUT2D eigenvalue weighted by atomic mass is 16.6. The minimum absolute atomic E-state index is 0.0379. The number of rotatable bonds is 7. The number of hydrazone groups is 1. The highest BCUT2D eigenvalue weighted by Crippen LogP contribution is 2.15. The van der Waals surface area contributed by atoms with E-state index in [-0.39, 0.29) is 23.8 Å². The number of hydrogen-bond donors (Lipinski definition) is 1. The molecule has 0 heterocycles. The van der Waals surface area contributed by atoms with Crippen molar-refractivity contribution in [2.45, 2.75) is 27.7 Å². The summed E-state index contributed by atoms with van der Waals surface area (Å²) in [6, 6.07) is 5.15. The summed E-state index contributed by atoms with van der Waals surface area (Å²) in [7, 11) is 0. The van der Waals surface area contributed by atoms with Crippen molar-refractivity contribution in [3.05, 3.63) is 39.9 Å². The zero-order valence-electron chi connectivity index (χ0n) is 14.1. The van der Waals surface area contributed by atoms with Crippen LogP contribution in [-0.2, 0) is 9.53 Å². The predicted octanol–water partition coefficient (Wildman–Crippen LogP) is 2.54. The molecule has 1 rings (SSSR count). The lowest BCUT2D eigenvalue weighted by Crippen LogP contribution is -2.31. The van der Waals surface area contributed by atoms with Gasteiger partial charge in [0.15, 0.2) is 0 Å². The first-order valence-corrected chi connectivity index (χ1v) is 7.53. The molecule has 1 aromatic carbocycles. The Kier molecular flexibility index (Phi) is 7.03. The molecule has 0 aliphatic heterocycles. The number of carbonyl (C=O) groups is 2. The van der Waals surface area contributed by atoms with Crippen LogP contribution in [0.5, 0.6) is 0 Å². The Bertz CT molecular complexity index is 638. The molecule has 130 valence electrons. The second kappa shape index (κ2) is 8.76. The van der Waals surface area contributed by atoms with Crippen molar-refractivity contribution in [2.75, 3.05) is 6.61 Å². The van der Waals surface area contributed by atoms with Crippen LogP contribution in [0.3, 0.4) is 0 Å². The van der Waals surface area contributed by atoms with Crippen LogP contribution >= 0.6 is 0 Å². The number of nitrogens with zero attached hydrogens (tertiary/aromatic N) is 2. The van der Waals surface area contributed by atoms with E-state index in [2.05, 4.69) is 10.5 Å². The summed E-state index contributed by atoms with van der Waals surface area (Å²) < 4.78 is 5.02. The number of non-ortho nitro benzene ring substituents is 1. The molecule has 0 fully saturated rings. The fourth-order valence-corrected chi connectivity index (χ4v) is 2.16. The Morgan fingerprint density at radius 2 is 1.88 bits per heavy atom.